The first-order valence-electron chi connectivity index (χ1n) is 12.2. The summed E-state index contributed by atoms with van der Waals surface area (Å²) in [5.41, 5.74) is 4.27. The van der Waals surface area contributed by atoms with E-state index >= 15 is 0 Å². The first-order valence-corrected chi connectivity index (χ1v) is 14.5. The number of amides is 1. The minimum absolute atomic E-state index is 0.00268. The molecule has 0 aliphatic heterocycles. The molecule has 0 spiro atoms. The molecule has 0 fully saturated rings. The van der Waals surface area contributed by atoms with Gasteiger partial charge in [-0.15, -0.1) is 0 Å². The predicted molar refractivity (Wildman–Crippen MR) is 158 cm³/mol. The zero-order chi connectivity index (χ0) is 28.0. The average Bonchev–Trinajstić information content (AvgIpc) is 3.22. The van der Waals surface area contributed by atoms with E-state index in [2.05, 4.69) is 9.71 Å². The monoisotopic (exact) mass is 579 g/mol. The summed E-state index contributed by atoms with van der Waals surface area (Å²) in [5.74, 6) is -0.0959. The van der Waals surface area contributed by atoms with E-state index in [1.807, 2.05) is 79.1 Å². The van der Waals surface area contributed by atoms with Crippen LogP contribution in [0.25, 0.3) is 18.2 Å². The molecule has 6 nitrogen and oxygen atoms in total. The van der Waals surface area contributed by atoms with Gasteiger partial charge in [0.15, 0.2) is 5.15 Å². The summed E-state index contributed by atoms with van der Waals surface area (Å²) in [6.07, 6.45) is 7.19. The van der Waals surface area contributed by atoms with Gasteiger partial charge in [0.1, 0.15) is 5.82 Å². The second kappa shape index (κ2) is 12.5. The number of nitrogens with one attached hydrogen (secondary N) is 1. The molecule has 0 aliphatic carbocycles. The lowest BCUT2D eigenvalue weighted by Gasteiger charge is -2.12. The number of sulfonamides is 1. The minimum Gasteiger partial charge on any atom is -0.323 e. The van der Waals surface area contributed by atoms with Gasteiger partial charge in [-0.2, -0.15) is 0 Å². The Morgan fingerprint density at radius 3 is 2.31 bits per heavy atom. The van der Waals surface area contributed by atoms with Crippen LogP contribution in [0.15, 0.2) is 83.8 Å². The van der Waals surface area contributed by atoms with Crippen molar-refractivity contribution in [2.45, 2.75) is 31.7 Å². The van der Waals surface area contributed by atoms with Crippen LogP contribution in [-0.2, 0) is 27.8 Å². The van der Waals surface area contributed by atoms with Crippen LogP contribution in [0.3, 0.4) is 0 Å². The summed E-state index contributed by atoms with van der Waals surface area (Å²) >= 11 is 13.0. The molecule has 0 saturated carbocycles. The molecule has 4 aromatic rings. The van der Waals surface area contributed by atoms with E-state index in [9.17, 15) is 13.2 Å². The fourth-order valence-electron chi connectivity index (χ4n) is 3.91. The van der Waals surface area contributed by atoms with E-state index in [0.717, 1.165) is 28.3 Å². The van der Waals surface area contributed by atoms with Gasteiger partial charge in [0.2, 0.25) is 0 Å². The van der Waals surface area contributed by atoms with Crippen molar-refractivity contribution in [3.05, 3.63) is 123 Å². The van der Waals surface area contributed by atoms with Crippen LogP contribution in [0, 0.1) is 6.92 Å². The Morgan fingerprint density at radius 1 is 0.949 bits per heavy atom. The highest BCUT2D eigenvalue weighted by Crippen LogP contribution is 2.25. The van der Waals surface area contributed by atoms with Crippen molar-refractivity contribution in [1.82, 2.24) is 14.3 Å². The molecule has 0 unspecified atom stereocenters. The van der Waals surface area contributed by atoms with Gasteiger partial charge in [0.25, 0.3) is 15.9 Å². The third-order valence-electron chi connectivity index (χ3n) is 5.99. The minimum atomic E-state index is -4.01. The SMILES string of the molecule is CCc1nc(Cl)c(C=CC(=O)NS(=O)(=O)c2ccc(C)cc2)n1Cc1ccc(C=Cc2ccccc2)cc1Cl. The number of hydrogen-bond donors (Lipinski definition) is 1. The molecule has 0 bridgehead atoms. The smallest absolute Gasteiger partial charge is 0.264 e. The van der Waals surface area contributed by atoms with E-state index in [0.29, 0.717) is 29.5 Å². The van der Waals surface area contributed by atoms with Gasteiger partial charge in [-0.05, 0) is 47.9 Å². The van der Waals surface area contributed by atoms with E-state index in [1.54, 1.807) is 12.1 Å². The zero-order valence-electron chi connectivity index (χ0n) is 21.4. The van der Waals surface area contributed by atoms with Crippen molar-refractivity contribution in [3.8, 4) is 0 Å². The van der Waals surface area contributed by atoms with Gasteiger partial charge in [-0.25, -0.2) is 18.1 Å². The number of aromatic nitrogens is 2. The molecule has 0 atom stereocenters. The largest absolute Gasteiger partial charge is 0.323 e. The number of carbonyl (C=O) groups is 1. The van der Waals surface area contributed by atoms with Crippen molar-refractivity contribution in [3.63, 3.8) is 0 Å². The summed E-state index contributed by atoms with van der Waals surface area (Å²) < 4.78 is 29.0. The number of rotatable bonds is 9. The molecular weight excluding hydrogens is 553 g/mol. The molecule has 0 saturated heterocycles. The van der Waals surface area contributed by atoms with Crippen molar-refractivity contribution >= 4 is 57.4 Å². The Balaban J connectivity index is 1.53. The highest BCUT2D eigenvalue weighted by Gasteiger charge is 2.18. The van der Waals surface area contributed by atoms with Crippen molar-refractivity contribution in [1.29, 1.82) is 0 Å². The summed E-state index contributed by atoms with van der Waals surface area (Å²) in [7, 11) is -4.01. The third kappa shape index (κ3) is 7.26. The molecule has 3 aromatic carbocycles. The highest BCUT2D eigenvalue weighted by atomic mass is 35.5. The number of halogens is 2. The second-order valence-electron chi connectivity index (χ2n) is 8.85. The molecule has 0 radical (unpaired) electrons. The lowest BCUT2D eigenvalue weighted by atomic mass is 10.1. The fraction of sp³-hybridized carbons (Fsp3) is 0.133. The molecule has 200 valence electrons. The summed E-state index contributed by atoms with van der Waals surface area (Å²) in [6.45, 7) is 4.16. The number of hydrogen-bond acceptors (Lipinski definition) is 4. The lowest BCUT2D eigenvalue weighted by molar-refractivity contribution is -0.114. The molecule has 4 rings (SSSR count). The van der Waals surface area contributed by atoms with E-state index in [1.165, 1.54) is 18.2 Å². The maximum Gasteiger partial charge on any atom is 0.264 e. The number of imidazole rings is 1. The Hall–Kier alpha value is -3.65. The number of benzene rings is 3. The first-order chi connectivity index (χ1) is 18.7. The van der Waals surface area contributed by atoms with Crippen LogP contribution >= 0.6 is 23.2 Å². The van der Waals surface area contributed by atoms with E-state index < -0.39 is 15.9 Å². The standard InChI is InChI=1S/C30H27Cl2N3O3S/c1-3-28-33-30(32)27(17-18-29(36)34-39(37,38)25-15-9-21(2)10-16-25)35(28)20-24-14-13-23(19-26(24)31)12-11-22-7-5-4-6-8-22/h4-19H,3,20H2,1-2H3,(H,34,36). The lowest BCUT2D eigenvalue weighted by Crippen LogP contribution is -2.29. The van der Waals surface area contributed by atoms with Crippen LogP contribution in [0.1, 0.15) is 40.7 Å². The summed E-state index contributed by atoms with van der Waals surface area (Å²) in [5, 5.41) is 0.782. The molecule has 1 amide bonds. The Morgan fingerprint density at radius 2 is 1.64 bits per heavy atom. The summed E-state index contributed by atoms with van der Waals surface area (Å²) in [6, 6.07) is 22.0. The second-order valence-corrected chi connectivity index (χ2v) is 11.3. The number of aryl methyl sites for hydroxylation is 2. The summed E-state index contributed by atoms with van der Waals surface area (Å²) in [4.78, 5) is 16.9. The average molecular weight is 581 g/mol. The van der Waals surface area contributed by atoms with Gasteiger partial charge < -0.3 is 4.57 Å². The molecule has 1 heterocycles. The Kier molecular flexibility index (Phi) is 9.07. The topological polar surface area (TPSA) is 81.1 Å². The Bertz CT molecular complexity index is 1640. The molecular formula is C30H27Cl2N3O3S. The molecule has 9 heteroatoms. The highest BCUT2D eigenvalue weighted by molar-refractivity contribution is 7.90. The first kappa shape index (κ1) is 28.4. The van der Waals surface area contributed by atoms with Crippen LogP contribution < -0.4 is 4.72 Å². The number of nitrogens with zero attached hydrogens (tertiary/aromatic N) is 2. The molecule has 39 heavy (non-hydrogen) atoms. The van der Waals surface area contributed by atoms with Gasteiger partial charge in [0, 0.05) is 17.5 Å². The number of carbonyl (C=O) groups excluding carboxylic acids is 1. The van der Waals surface area contributed by atoms with E-state index in [4.69, 9.17) is 23.2 Å². The zero-order valence-corrected chi connectivity index (χ0v) is 23.8. The van der Waals surface area contributed by atoms with Crippen molar-refractivity contribution in [2.75, 3.05) is 0 Å². The van der Waals surface area contributed by atoms with Crippen LogP contribution in [0.5, 0.6) is 0 Å². The molecule has 1 N–H and O–H groups in total. The van der Waals surface area contributed by atoms with Gasteiger partial charge in [-0.3, -0.25) is 4.79 Å². The predicted octanol–water partition coefficient (Wildman–Crippen LogP) is 6.80. The van der Waals surface area contributed by atoms with Crippen molar-refractivity contribution in [2.24, 2.45) is 0 Å². The third-order valence-corrected chi connectivity index (χ3v) is 7.98. The van der Waals surface area contributed by atoms with Crippen LogP contribution in [0.4, 0.5) is 0 Å². The maximum atomic E-state index is 12.6. The van der Waals surface area contributed by atoms with Gasteiger partial charge >= 0.3 is 0 Å². The van der Waals surface area contributed by atoms with Crippen LogP contribution in [0.2, 0.25) is 10.2 Å². The quantitative estimate of drug-likeness (QED) is 0.175. The normalized spacial score (nSPS) is 11.9. The van der Waals surface area contributed by atoms with Gasteiger partial charge in [0.05, 0.1) is 17.1 Å². The van der Waals surface area contributed by atoms with Crippen molar-refractivity contribution < 1.29 is 13.2 Å². The fourth-order valence-corrected chi connectivity index (χ4v) is 5.36. The molecule has 1 aromatic heterocycles. The van der Waals surface area contributed by atoms with Crippen LogP contribution in [-0.4, -0.2) is 23.9 Å². The van der Waals surface area contributed by atoms with Gasteiger partial charge in [-0.1, -0.05) is 102 Å². The van der Waals surface area contributed by atoms with E-state index in [-0.39, 0.29) is 10.0 Å². The maximum absolute atomic E-state index is 12.6. The molecule has 0 aliphatic rings. The Labute approximate surface area is 238 Å².